The molecule has 1 N–H and O–H groups in total. The maximum Gasteiger partial charge on any atom is 0.115 e. The summed E-state index contributed by atoms with van der Waals surface area (Å²) >= 11 is 0. The van der Waals surface area contributed by atoms with Crippen LogP contribution in [0.15, 0.2) is 0 Å². The number of rotatable bonds is 4. The van der Waals surface area contributed by atoms with Crippen LogP contribution in [-0.2, 0) is 0 Å². The lowest BCUT2D eigenvalue weighted by molar-refractivity contribution is 0.140. The Hall–Kier alpha value is -0.150. The summed E-state index contributed by atoms with van der Waals surface area (Å²) in [5, 5.41) is 3.18. The van der Waals surface area contributed by atoms with E-state index in [4.69, 9.17) is 0 Å². The molecule has 1 fully saturated rings. The zero-order valence-electron chi connectivity index (χ0n) is 7.31. The number of nitrogens with zero attached hydrogens (tertiary/aromatic N) is 1. The smallest absolute Gasteiger partial charge is 0.115 e. The SMILES string of the molecule is CN(C)CCNC1CCC1F. The van der Waals surface area contributed by atoms with Gasteiger partial charge in [0, 0.05) is 19.1 Å². The number of halogens is 1. The molecule has 2 atom stereocenters. The predicted molar refractivity (Wildman–Crippen MR) is 44.5 cm³/mol. The number of hydrogen-bond donors (Lipinski definition) is 1. The molecule has 1 saturated carbocycles. The molecule has 0 radical (unpaired) electrons. The van der Waals surface area contributed by atoms with Crippen LogP contribution in [0.5, 0.6) is 0 Å². The van der Waals surface area contributed by atoms with Crippen LogP contribution in [0.4, 0.5) is 4.39 Å². The first kappa shape index (κ1) is 8.94. The summed E-state index contributed by atoms with van der Waals surface area (Å²) in [6, 6.07) is 0.148. The van der Waals surface area contributed by atoms with Gasteiger partial charge in [-0.25, -0.2) is 4.39 Å². The Morgan fingerprint density at radius 3 is 2.55 bits per heavy atom. The average molecular weight is 160 g/mol. The Balaban J connectivity index is 1.95. The zero-order valence-corrected chi connectivity index (χ0v) is 7.31. The second kappa shape index (κ2) is 4.02. The summed E-state index contributed by atoms with van der Waals surface area (Å²) in [5.74, 6) is 0. The van der Waals surface area contributed by atoms with Crippen LogP contribution in [0, 0.1) is 0 Å². The summed E-state index contributed by atoms with van der Waals surface area (Å²) in [6.07, 6.45) is 1.17. The van der Waals surface area contributed by atoms with Crippen LogP contribution in [-0.4, -0.2) is 44.3 Å². The van der Waals surface area contributed by atoms with Gasteiger partial charge in [0.25, 0.3) is 0 Å². The van der Waals surface area contributed by atoms with E-state index in [1.165, 1.54) is 0 Å². The lowest BCUT2D eigenvalue weighted by atomic mass is 9.91. The van der Waals surface area contributed by atoms with Gasteiger partial charge in [-0.15, -0.1) is 0 Å². The third kappa shape index (κ3) is 2.75. The Labute approximate surface area is 67.8 Å². The van der Waals surface area contributed by atoms with E-state index in [-0.39, 0.29) is 6.04 Å². The summed E-state index contributed by atoms with van der Waals surface area (Å²) in [4.78, 5) is 2.10. The van der Waals surface area contributed by atoms with E-state index < -0.39 is 6.17 Å². The molecule has 1 rings (SSSR count). The minimum absolute atomic E-state index is 0.148. The minimum Gasteiger partial charge on any atom is -0.310 e. The number of hydrogen-bond acceptors (Lipinski definition) is 2. The van der Waals surface area contributed by atoms with Crippen molar-refractivity contribution >= 4 is 0 Å². The van der Waals surface area contributed by atoms with E-state index in [0.29, 0.717) is 0 Å². The maximum atomic E-state index is 12.6. The Morgan fingerprint density at radius 1 is 1.45 bits per heavy atom. The van der Waals surface area contributed by atoms with Crippen molar-refractivity contribution in [1.29, 1.82) is 0 Å². The van der Waals surface area contributed by atoms with Crippen molar-refractivity contribution in [2.75, 3.05) is 27.2 Å². The van der Waals surface area contributed by atoms with Gasteiger partial charge in [0.15, 0.2) is 0 Å². The van der Waals surface area contributed by atoms with Crippen LogP contribution < -0.4 is 5.32 Å². The fourth-order valence-electron chi connectivity index (χ4n) is 1.16. The van der Waals surface area contributed by atoms with E-state index >= 15 is 0 Å². The summed E-state index contributed by atoms with van der Waals surface area (Å²) in [7, 11) is 4.05. The molecule has 0 saturated heterocycles. The van der Waals surface area contributed by atoms with Crippen molar-refractivity contribution in [2.24, 2.45) is 0 Å². The fraction of sp³-hybridized carbons (Fsp3) is 1.00. The van der Waals surface area contributed by atoms with Crippen molar-refractivity contribution in [3.8, 4) is 0 Å². The van der Waals surface area contributed by atoms with Gasteiger partial charge < -0.3 is 10.2 Å². The molecular weight excluding hydrogens is 143 g/mol. The zero-order chi connectivity index (χ0) is 8.27. The molecule has 0 aromatic heterocycles. The van der Waals surface area contributed by atoms with Gasteiger partial charge in [0.1, 0.15) is 6.17 Å². The molecule has 0 aromatic rings. The Morgan fingerprint density at radius 2 is 2.18 bits per heavy atom. The summed E-state index contributed by atoms with van der Waals surface area (Å²) < 4.78 is 12.6. The normalized spacial score (nSPS) is 30.5. The number of likely N-dealkylation sites (N-methyl/N-ethyl adjacent to an activating group) is 1. The van der Waals surface area contributed by atoms with Crippen LogP contribution >= 0.6 is 0 Å². The van der Waals surface area contributed by atoms with Crippen molar-refractivity contribution in [1.82, 2.24) is 10.2 Å². The summed E-state index contributed by atoms with van der Waals surface area (Å²) in [6.45, 7) is 1.89. The van der Waals surface area contributed by atoms with Gasteiger partial charge in [0.2, 0.25) is 0 Å². The molecular formula is C8H17FN2. The molecule has 0 bridgehead atoms. The molecule has 0 aromatic carbocycles. The highest BCUT2D eigenvalue weighted by Gasteiger charge is 2.29. The van der Waals surface area contributed by atoms with Crippen LogP contribution in [0.3, 0.4) is 0 Å². The second-order valence-electron chi connectivity index (χ2n) is 3.46. The van der Waals surface area contributed by atoms with Crippen LogP contribution in [0.1, 0.15) is 12.8 Å². The van der Waals surface area contributed by atoms with Crippen molar-refractivity contribution in [3.05, 3.63) is 0 Å². The van der Waals surface area contributed by atoms with Gasteiger partial charge in [-0.3, -0.25) is 0 Å². The van der Waals surface area contributed by atoms with E-state index in [9.17, 15) is 4.39 Å². The largest absolute Gasteiger partial charge is 0.310 e. The van der Waals surface area contributed by atoms with E-state index in [0.717, 1.165) is 25.9 Å². The third-order valence-corrected chi connectivity index (χ3v) is 2.16. The highest BCUT2D eigenvalue weighted by molar-refractivity contribution is 4.86. The quantitative estimate of drug-likeness (QED) is 0.649. The topological polar surface area (TPSA) is 15.3 Å². The highest BCUT2D eigenvalue weighted by atomic mass is 19.1. The summed E-state index contributed by atoms with van der Waals surface area (Å²) in [5.41, 5.74) is 0. The minimum atomic E-state index is -0.586. The van der Waals surface area contributed by atoms with E-state index in [1.54, 1.807) is 0 Å². The van der Waals surface area contributed by atoms with Gasteiger partial charge in [0.05, 0.1) is 0 Å². The second-order valence-corrected chi connectivity index (χ2v) is 3.46. The molecule has 0 amide bonds. The Bertz CT molecular complexity index is 117. The van der Waals surface area contributed by atoms with E-state index in [2.05, 4.69) is 10.2 Å². The molecule has 2 nitrogen and oxygen atoms in total. The molecule has 0 spiro atoms. The van der Waals surface area contributed by atoms with E-state index in [1.807, 2.05) is 14.1 Å². The molecule has 1 aliphatic rings. The number of alkyl halides is 1. The van der Waals surface area contributed by atoms with Gasteiger partial charge in [-0.1, -0.05) is 0 Å². The predicted octanol–water partition coefficient (Wildman–Crippen LogP) is 0.638. The monoisotopic (exact) mass is 160 g/mol. The number of nitrogens with one attached hydrogen (secondary N) is 1. The van der Waals surface area contributed by atoms with Gasteiger partial charge in [-0.05, 0) is 26.9 Å². The first-order valence-corrected chi connectivity index (χ1v) is 4.22. The third-order valence-electron chi connectivity index (χ3n) is 2.16. The lowest BCUT2D eigenvalue weighted by Crippen LogP contribution is -2.47. The molecule has 11 heavy (non-hydrogen) atoms. The first-order chi connectivity index (χ1) is 5.20. The standard InChI is InChI=1S/C8H17FN2/c1-11(2)6-5-10-8-4-3-7(8)9/h7-8,10H,3-6H2,1-2H3. The molecule has 0 heterocycles. The van der Waals surface area contributed by atoms with Crippen molar-refractivity contribution < 1.29 is 4.39 Å². The molecule has 3 heteroatoms. The molecule has 2 unspecified atom stereocenters. The molecule has 66 valence electrons. The maximum absolute atomic E-state index is 12.6. The average Bonchev–Trinajstić information content (AvgIpc) is 1.94. The lowest BCUT2D eigenvalue weighted by Gasteiger charge is -2.31. The van der Waals surface area contributed by atoms with Crippen LogP contribution in [0.25, 0.3) is 0 Å². The molecule has 0 aliphatic heterocycles. The molecule has 1 aliphatic carbocycles. The van der Waals surface area contributed by atoms with Gasteiger partial charge in [-0.2, -0.15) is 0 Å². The highest BCUT2D eigenvalue weighted by Crippen LogP contribution is 2.22. The van der Waals surface area contributed by atoms with Crippen LogP contribution in [0.2, 0.25) is 0 Å². The first-order valence-electron chi connectivity index (χ1n) is 4.22. The Kier molecular flexibility index (Phi) is 3.27. The van der Waals surface area contributed by atoms with Gasteiger partial charge >= 0.3 is 0 Å². The van der Waals surface area contributed by atoms with Crippen molar-refractivity contribution in [3.63, 3.8) is 0 Å². The fourth-order valence-corrected chi connectivity index (χ4v) is 1.16. The van der Waals surface area contributed by atoms with Crippen molar-refractivity contribution in [2.45, 2.75) is 25.1 Å².